The lowest BCUT2D eigenvalue weighted by Crippen LogP contribution is -2.54. The third kappa shape index (κ3) is 8.86. The van der Waals surface area contributed by atoms with Gasteiger partial charge in [-0.25, -0.2) is 8.42 Å². The molecule has 0 saturated carbocycles. The maximum Gasteiger partial charge on any atom is 0.271 e. The molecule has 3 aromatic rings. The Bertz CT molecular complexity index is 1530. The second-order valence-electron chi connectivity index (χ2n) is 10.2. The molecule has 224 valence electrons. The number of nitro groups is 1. The van der Waals surface area contributed by atoms with E-state index in [1.165, 1.54) is 17.0 Å². The van der Waals surface area contributed by atoms with Gasteiger partial charge < -0.3 is 10.2 Å². The van der Waals surface area contributed by atoms with E-state index in [-0.39, 0.29) is 36.3 Å². The van der Waals surface area contributed by atoms with Gasteiger partial charge in [-0.1, -0.05) is 71.4 Å². The molecule has 0 fully saturated rings. The van der Waals surface area contributed by atoms with Crippen LogP contribution in [-0.2, 0) is 32.6 Å². The van der Waals surface area contributed by atoms with Crippen molar-refractivity contribution >= 4 is 49.1 Å². The molecule has 0 bridgehead atoms. The zero-order valence-electron chi connectivity index (χ0n) is 24.0. The number of nitrogens with zero attached hydrogens (tertiary/aromatic N) is 3. The highest BCUT2D eigenvalue weighted by molar-refractivity contribution is 9.10. The molecule has 0 unspecified atom stereocenters. The quantitative estimate of drug-likeness (QED) is 0.204. The van der Waals surface area contributed by atoms with Crippen LogP contribution in [0.2, 0.25) is 0 Å². The highest BCUT2D eigenvalue weighted by Gasteiger charge is 2.34. The van der Waals surface area contributed by atoms with E-state index in [4.69, 9.17) is 0 Å². The number of sulfonamides is 1. The van der Waals surface area contributed by atoms with Crippen LogP contribution in [0.25, 0.3) is 0 Å². The van der Waals surface area contributed by atoms with Crippen molar-refractivity contribution in [3.8, 4) is 0 Å². The molecule has 2 atom stereocenters. The summed E-state index contributed by atoms with van der Waals surface area (Å²) in [5, 5.41) is 14.4. The van der Waals surface area contributed by atoms with Crippen molar-refractivity contribution in [3.63, 3.8) is 0 Å². The van der Waals surface area contributed by atoms with Gasteiger partial charge in [0.25, 0.3) is 5.69 Å². The molecule has 0 aliphatic carbocycles. The van der Waals surface area contributed by atoms with E-state index in [1.54, 1.807) is 6.92 Å². The average molecular weight is 660 g/mol. The Morgan fingerprint density at radius 3 is 2.29 bits per heavy atom. The fraction of sp³-hybridized carbons (Fsp3) is 0.333. The molecule has 3 rings (SSSR count). The molecule has 12 heteroatoms. The van der Waals surface area contributed by atoms with Gasteiger partial charge in [0.05, 0.1) is 16.9 Å². The molecule has 2 amide bonds. The second kappa shape index (κ2) is 14.4. The Morgan fingerprint density at radius 2 is 1.69 bits per heavy atom. The lowest BCUT2D eigenvalue weighted by atomic mass is 10.0. The minimum Gasteiger partial charge on any atom is -0.352 e. The standard InChI is InChI=1S/C30H35BrN4O6S/c1-5-22(3)32-30(37)28(17-23-10-7-6-8-11-23)33(19-24-12-9-13-25(31)16-24)29(36)20-34(42(4,40)41)27-18-26(35(38)39)15-14-21(27)2/h6-16,18,22,28H,5,17,19-20H2,1-4H3,(H,32,37)/t22-,28-/m1/s1. The number of carbonyl (C=O) groups excluding carboxylic acids is 2. The Balaban J connectivity index is 2.11. The topological polar surface area (TPSA) is 130 Å². The predicted molar refractivity (Wildman–Crippen MR) is 167 cm³/mol. The number of rotatable bonds is 13. The fourth-order valence-corrected chi connectivity index (χ4v) is 5.75. The normalized spacial score (nSPS) is 12.7. The van der Waals surface area contributed by atoms with Crippen LogP contribution in [0.4, 0.5) is 11.4 Å². The summed E-state index contributed by atoms with van der Waals surface area (Å²) in [5.41, 5.74) is 1.70. The number of nitro benzene ring substituents is 1. The highest BCUT2D eigenvalue weighted by Crippen LogP contribution is 2.28. The number of aryl methyl sites for hydroxylation is 1. The zero-order chi connectivity index (χ0) is 31.0. The van der Waals surface area contributed by atoms with Crippen LogP contribution in [0.3, 0.4) is 0 Å². The van der Waals surface area contributed by atoms with Gasteiger partial charge in [0, 0.05) is 35.6 Å². The monoisotopic (exact) mass is 658 g/mol. The molecule has 3 aromatic carbocycles. The van der Waals surface area contributed by atoms with Gasteiger partial charge in [-0.3, -0.25) is 24.0 Å². The first-order valence-electron chi connectivity index (χ1n) is 13.4. The van der Waals surface area contributed by atoms with E-state index in [0.29, 0.717) is 12.0 Å². The van der Waals surface area contributed by atoms with E-state index in [9.17, 15) is 28.1 Å². The third-order valence-electron chi connectivity index (χ3n) is 6.87. The van der Waals surface area contributed by atoms with E-state index >= 15 is 0 Å². The van der Waals surface area contributed by atoms with Crippen molar-refractivity contribution in [3.05, 3.63) is 104 Å². The number of anilines is 1. The lowest BCUT2D eigenvalue weighted by molar-refractivity contribution is -0.384. The van der Waals surface area contributed by atoms with Crippen LogP contribution in [-0.4, -0.2) is 54.9 Å². The molecule has 0 spiro atoms. The molecule has 42 heavy (non-hydrogen) atoms. The second-order valence-corrected chi connectivity index (χ2v) is 13.0. The summed E-state index contributed by atoms with van der Waals surface area (Å²) in [7, 11) is -4.06. The molecule has 0 aliphatic heterocycles. The van der Waals surface area contributed by atoms with Crippen molar-refractivity contribution in [1.29, 1.82) is 0 Å². The summed E-state index contributed by atoms with van der Waals surface area (Å²) in [6.07, 6.45) is 1.81. The summed E-state index contributed by atoms with van der Waals surface area (Å²) in [6, 6.07) is 19.3. The van der Waals surface area contributed by atoms with Gasteiger partial charge in [-0.15, -0.1) is 0 Å². The number of benzene rings is 3. The minimum absolute atomic E-state index is 0.0196. The van der Waals surface area contributed by atoms with Crippen LogP contribution in [0.15, 0.2) is 77.3 Å². The van der Waals surface area contributed by atoms with Gasteiger partial charge in [0.15, 0.2) is 0 Å². The molecule has 10 nitrogen and oxygen atoms in total. The number of carbonyl (C=O) groups is 2. The van der Waals surface area contributed by atoms with Crippen LogP contribution in [0, 0.1) is 17.0 Å². The molecule has 0 radical (unpaired) electrons. The lowest BCUT2D eigenvalue weighted by Gasteiger charge is -2.34. The van der Waals surface area contributed by atoms with Crippen molar-refractivity contribution < 1.29 is 22.9 Å². The Hall–Kier alpha value is -3.77. The van der Waals surface area contributed by atoms with E-state index in [2.05, 4.69) is 21.2 Å². The van der Waals surface area contributed by atoms with Crippen molar-refractivity contribution in [2.24, 2.45) is 0 Å². The van der Waals surface area contributed by atoms with Crippen molar-refractivity contribution in [2.45, 2.75) is 52.2 Å². The number of amides is 2. The number of non-ortho nitro benzene ring substituents is 1. The zero-order valence-corrected chi connectivity index (χ0v) is 26.4. The molecule has 0 aromatic heterocycles. The predicted octanol–water partition coefficient (Wildman–Crippen LogP) is 4.99. The summed E-state index contributed by atoms with van der Waals surface area (Å²) < 4.78 is 27.6. The van der Waals surface area contributed by atoms with Crippen molar-refractivity contribution in [2.75, 3.05) is 17.1 Å². The molecule has 0 saturated heterocycles. The Labute approximate surface area is 255 Å². The maximum absolute atomic E-state index is 14.2. The minimum atomic E-state index is -4.06. The molecule has 0 heterocycles. The van der Waals surface area contributed by atoms with Crippen molar-refractivity contribution in [1.82, 2.24) is 10.2 Å². The van der Waals surface area contributed by atoms with Crippen LogP contribution < -0.4 is 9.62 Å². The molecule has 1 N–H and O–H groups in total. The SMILES string of the molecule is CC[C@@H](C)NC(=O)[C@@H](Cc1ccccc1)N(Cc1cccc(Br)c1)C(=O)CN(c1cc([N+](=O)[O-])ccc1C)S(C)(=O)=O. The van der Waals surface area contributed by atoms with E-state index in [0.717, 1.165) is 32.2 Å². The van der Waals surface area contributed by atoms with E-state index in [1.807, 2.05) is 68.4 Å². The smallest absolute Gasteiger partial charge is 0.271 e. The maximum atomic E-state index is 14.2. The van der Waals surface area contributed by atoms with Gasteiger partial charge in [-0.05, 0) is 49.1 Å². The fourth-order valence-electron chi connectivity index (χ4n) is 4.40. The van der Waals surface area contributed by atoms with Gasteiger partial charge in [0.1, 0.15) is 12.6 Å². The largest absolute Gasteiger partial charge is 0.352 e. The summed E-state index contributed by atoms with van der Waals surface area (Å²) in [4.78, 5) is 40.1. The summed E-state index contributed by atoms with van der Waals surface area (Å²) >= 11 is 3.45. The molecule has 0 aliphatic rings. The Morgan fingerprint density at radius 1 is 1.02 bits per heavy atom. The van der Waals surface area contributed by atoms with Gasteiger partial charge in [0.2, 0.25) is 21.8 Å². The number of hydrogen-bond donors (Lipinski definition) is 1. The number of hydrogen-bond acceptors (Lipinski definition) is 6. The number of nitrogens with one attached hydrogen (secondary N) is 1. The van der Waals surface area contributed by atoms with Crippen LogP contribution >= 0.6 is 15.9 Å². The van der Waals surface area contributed by atoms with Gasteiger partial charge >= 0.3 is 0 Å². The Kier molecular flexibility index (Phi) is 11.2. The number of halogens is 1. The summed E-state index contributed by atoms with van der Waals surface area (Å²) in [5.74, 6) is -1.000. The van der Waals surface area contributed by atoms with Crippen LogP contribution in [0.5, 0.6) is 0 Å². The highest BCUT2D eigenvalue weighted by atomic mass is 79.9. The van der Waals surface area contributed by atoms with Gasteiger partial charge in [-0.2, -0.15) is 0 Å². The van der Waals surface area contributed by atoms with E-state index < -0.39 is 33.4 Å². The third-order valence-corrected chi connectivity index (χ3v) is 8.49. The first-order chi connectivity index (χ1) is 19.8. The van der Waals surface area contributed by atoms with Crippen LogP contribution in [0.1, 0.15) is 37.0 Å². The first kappa shape index (κ1) is 32.7. The first-order valence-corrected chi connectivity index (χ1v) is 16.0. The average Bonchev–Trinajstić information content (AvgIpc) is 2.93. The molecular formula is C30H35BrN4O6S. The molecular weight excluding hydrogens is 624 g/mol. The summed E-state index contributed by atoms with van der Waals surface area (Å²) in [6.45, 7) is 4.78.